The first-order valence-electron chi connectivity index (χ1n) is 5.95. The smallest absolute Gasteiger partial charge is 0.195 e. The van der Waals surface area contributed by atoms with Gasteiger partial charge in [-0.05, 0) is 42.2 Å². The van der Waals surface area contributed by atoms with Crippen molar-refractivity contribution < 1.29 is 15.2 Å². The molecule has 0 saturated carbocycles. The Labute approximate surface area is 109 Å². The van der Waals surface area contributed by atoms with Crippen molar-refractivity contribution in [2.75, 3.05) is 5.23 Å². The lowest BCUT2D eigenvalue weighted by molar-refractivity contribution is 0.0291. The minimum absolute atomic E-state index is 0.0165. The molecule has 2 N–H and O–H groups in total. The molecule has 1 aromatic carbocycles. The summed E-state index contributed by atoms with van der Waals surface area (Å²) in [6.07, 6.45) is 4.76. The van der Waals surface area contributed by atoms with Gasteiger partial charge in [0.15, 0.2) is 5.78 Å². The Hall–Kier alpha value is -2.24. The van der Waals surface area contributed by atoms with Crippen LogP contribution in [0, 0.1) is 0 Å². The molecular formula is C14H12N2O3. The number of rotatable bonds is 1. The number of benzene rings is 1. The molecule has 0 amide bonds. The minimum Gasteiger partial charge on any atom is -0.289 e. The van der Waals surface area contributed by atoms with Gasteiger partial charge in [-0.3, -0.25) is 20.2 Å². The highest BCUT2D eigenvalue weighted by molar-refractivity contribution is 6.11. The van der Waals surface area contributed by atoms with Crippen molar-refractivity contribution in [3.05, 3.63) is 58.9 Å². The predicted molar refractivity (Wildman–Crippen MR) is 67.6 cm³/mol. The monoisotopic (exact) mass is 256 g/mol. The van der Waals surface area contributed by atoms with E-state index in [0.29, 0.717) is 11.1 Å². The molecule has 1 aliphatic carbocycles. The van der Waals surface area contributed by atoms with E-state index in [2.05, 4.69) is 4.98 Å². The van der Waals surface area contributed by atoms with Crippen LogP contribution in [-0.2, 0) is 12.8 Å². The Bertz CT molecular complexity index is 653. The second-order valence-corrected chi connectivity index (χ2v) is 4.49. The van der Waals surface area contributed by atoms with Crippen LogP contribution in [-0.4, -0.2) is 21.2 Å². The lowest BCUT2D eigenvalue weighted by atomic mass is 9.99. The van der Waals surface area contributed by atoms with Crippen LogP contribution < -0.4 is 5.23 Å². The third-order valence-electron chi connectivity index (χ3n) is 3.39. The van der Waals surface area contributed by atoms with Gasteiger partial charge in [0.25, 0.3) is 0 Å². The molecule has 1 aliphatic rings. The molecule has 5 heteroatoms. The molecular weight excluding hydrogens is 244 g/mol. The van der Waals surface area contributed by atoms with Crippen molar-refractivity contribution in [1.29, 1.82) is 0 Å². The molecule has 0 spiro atoms. The molecule has 0 saturated heterocycles. The van der Waals surface area contributed by atoms with Gasteiger partial charge in [0.1, 0.15) is 0 Å². The molecule has 2 aromatic rings. The van der Waals surface area contributed by atoms with E-state index in [-0.39, 0.29) is 16.7 Å². The number of hydrogen-bond acceptors (Lipinski definition) is 5. The van der Waals surface area contributed by atoms with Crippen LogP contribution in [0.15, 0.2) is 36.7 Å². The van der Waals surface area contributed by atoms with Gasteiger partial charge in [0.05, 0.1) is 5.69 Å². The molecule has 1 aromatic heterocycles. The summed E-state index contributed by atoms with van der Waals surface area (Å²) in [5.41, 5.74) is 3.13. The van der Waals surface area contributed by atoms with Gasteiger partial charge in [0, 0.05) is 23.5 Å². The highest BCUT2D eigenvalue weighted by Crippen LogP contribution is 2.26. The maximum absolute atomic E-state index is 12.5. The third kappa shape index (κ3) is 1.99. The molecule has 0 atom stereocenters. The van der Waals surface area contributed by atoms with Crippen molar-refractivity contribution in [3.63, 3.8) is 0 Å². The molecule has 0 unspecified atom stereocenters. The summed E-state index contributed by atoms with van der Waals surface area (Å²) in [7, 11) is 0. The Morgan fingerprint density at radius 2 is 1.79 bits per heavy atom. The third-order valence-corrected chi connectivity index (χ3v) is 3.39. The van der Waals surface area contributed by atoms with E-state index in [0.717, 1.165) is 24.0 Å². The number of fused-ring (bicyclic) bond motifs is 2. The van der Waals surface area contributed by atoms with Crippen molar-refractivity contribution in [1.82, 2.24) is 4.98 Å². The van der Waals surface area contributed by atoms with Gasteiger partial charge in [-0.15, -0.1) is 5.23 Å². The number of carbonyl (C=O) groups excluding carboxylic acids is 1. The zero-order valence-electron chi connectivity index (χ0n) is 10.1. The zero-order chi connectivity index (χ0) is 13.4. The minimum atomic E-state index is -0.126. The van der Waals surface area contributed by atoms with E-state index in [1.165, 1.54) is 6.07 Å². The van der Waals surface area contributed by atoms with Gasteiger partial charge in [-0.2, -0.15) is 0 Å². The number of nitrogens with zero attached hydrogens (tertiary/aromatic N) is 2. The molecule has 19 heavy (non-hydrogen) atoms. The molecule has 0 fully saturated rings. The van der Waals surface area contributed by atoms with Crippen LogP contribution >= 0.6 is 0 Å². The first kappa shape index (κ1) is 11.8. The highest BCUT2D eigenvalue weighted by Gasteiger charge is 2.22. The topological polar surface area (TPSA) is 73.7 Å². The molecule has 0 aliphatic heterocycles. The van der Waals surface area contributed by atoms with E-state index in [9.17, 15) is 4.79 Å². The molecule has 1 heterocycles. The van der Waals surface area contributed by atoms with Crippen molar-refractivity contribution in [2.24, 2.45) is 0 Å². The second-order valence-electron chi connectivity index (χ2n) is 4.49. The largest absolute Gasteiger partial charge is 0.289 e. The van der Waals surface area contributed by atoms with Crippen LogP contribution in [0.25, 0.3) is 0 Å². The molecule has 96 valence electrons. The lowest BCUT2D eigenvalue weighted by Gasteiger charge is -2.11. The van der Waals surface area contributed by atoms with Gasteiger partial charge < -0.3 is 0 Å². The molecule has 0 bridgehead atoms. The summed E-state index contributed by atoms with van der Waals surface area (Å²) in [4.78, 5) is 16.5. The Balaban J connectivity index is 2.16. The van der Waals surface area contributed by atoms with Gasteiger partial charge in [-0.1, -0.05) is 6.07 Å². The van der Waals surface area contributed by atoms with Gasteiger partial charge in [-0.25, -0.2) is 0 Å². The summed E-state index contributed by atoms with van der Waals surface area (Å²) in [5, 5.41) is 18.1. The van der Waals surface area contributed by atoms with E-state index in [1.54, 1.807) is 24.5 Å². The number of carbonyl (C=O) groups is 1. The maximum atomic E-state index is 12.5. The Kier molecular flexibility index (Phi) is 2.77. The van der Waals surface area contributed by atoms with Crippen LogP contribution in [0.2, 0.25) is 0 Å². The quantitative estimate of drug-likeness (QED) is 0.763. The highest BCUT2D eigenvalue weighted by atomic mass is 16.8. The fourth-order valence-corrected chi connectivity index (χ4v) is 2.38. The number of aromatic nitrogens is 1. The fourth-order valence-electron chi connectivity index (χ4n) is 2.38. The first-order chi connectivity index (χ1) is 9.16. The second kappa shape index (κ2) is 4.46. The Morgan fingerprint density at radius 3 is 2.53 bits per heavy atom. The number of pyridine rings is 1. The van der Waals surface area contributed by atoms with Crippen LogP contribution in [0.5, 0.6) is 0 Å². The number of anilines is 1. The summed E-state index contributed by atoms with van der Waals surface area (Å²) in [6.45, 7) is 0. The van der Waals surface area contributed by atoms with Crippen LogP contribution in [0.3, 0.4) is 0 Å². The maximum Gasteiger partial charge on any atom is 0.195 e. The normalized spacial score (nSPS) is 13.5. The van der Waals surface area contributed by atoms with E-state index in [4.69, 9.17) is 10.4 Å². The SMILES string of the molecule is O=C1c2cnccc2CCc2ccc(N(O)O)cc21. The van der Waals surface area contributed by atoms with Crippen LogP contribution in [0.1, 0.15) is 27.0 Å². The van der Waals surface area contributed by atoms with Gasteiger partial charge in [0.2, 0.25) is 0 Å². The fraction of sp³-hybridized carbons (Fsp3) is 0.143. The summed E-state index contributed by atoms with van der Waals surface area (Å²) in [6, 6.07) is 6.66. The van der Waals surface area contributed by atoms with E-state index in [1.807, 2.05) is 6.07 Å². The van der Waals surface area contributed by atoms with Crippen LogP contribution in [0.4, 0.5) is 5.69 Å². The number of aryl methyl sites for hydroxylation is 2. The lowest BCUT2D eigenvalue weighted by Crippen LogP contribution is -2.13. The average Bonchev–Trinajstić information content (AvgIpc) is 2.57. The summed E-state index contributed by atoms with van der Waals surface area (Å²) < 4.78 is 0. The van der Waals surface area contributed by atoms with E-state index < -0.39 is 0 Å². The van der Waals surface area contributed by atoms with Crippen molar-refractivity contribution in [2.45, 2.75) is 12.8 Å². The average molecular weight is 256 g/mol. The number of hydrogen-bond donors (Lipinski definition) is 2. The molecule has 3 rings (SSSR count). The summed E-state index contributed by atoms with van der Waals surface area (Å²) in [5.74, 6) is -0.126. The summed E-state index contributed by atoms with van der Waals surface area (Å²) >= 11 is 0. The standard InChI is InChI=1S/C14H12N2O3/c17-14-12-7-11(16(18)19)4-3-9(12)1-2-10-5-6-15-8-13(10)14/h3-8,18-19H,1-2H2. The van der Waals surface area contributed by atoms with Crippen molar-refractivity contribution >= 4 is 11.5 Å². The first-order valence-corrected chi connectivity index (χ1v) is 5.95. The molecule has 5 nitrogen and oxygen atoms in total. The predicted octanol–water partition coefficient (Wildman–Crippen LogP) is 2.00. The van der Waals surface area contributed by atoms with E-state index >= 15 is 0 Å². The zero-order valence-corrected chi connectivity index (χ0v) is 10.1. The molecule has 0 radical (unpaired) electrons. The van der Waals surface area contributed by atoms with Gasteiger partial charge >= 0.3 is 0 Å². The Morgan fingerprint density at radius 1 is 1.05 bits per heavy atom. The number of ketones is 1. The van der Waals surface area contributed by atoms with Crippen molar-refractivity contribution in [3.8, 4) is 0 Å².